The van der Waals surface area contributed by atoms with Crippen LogP contribution in [0.2, 0.25) is 0 Å². The second kappa shape index (κ2) is 5.09. The summed E-state index contributed by atoms with van der Waals surface area (Å²) >= 11 is 0. The van der Waals surface area contributed by atoms with E-state index in [0.717, 1.165) is 0 Å². The number of likely N-dealkylation sites (N-methyl/N-ethyl adjacent to an activating group) is 1. The summed E-state index contributed by atoms with van der Waals surface area (Å²) in [6.45, 7) is 1.20. The van der Waals surface area contributed by atoms with Crippen molar-refractivity contribution in [1.29, 1.82) is 0 Å². The molecule has 0 saturated carbocycles. The minimum Gasteiger partial charge on any atom is -0.479 e. The van der Waals surface area contributed by atoms with Crippen molar-refractivity contribution in [2.75, 3.05) is 40.3 Å². The van der Waals surface area contributed by atoms with Gasteiger partial charge in [0, 0.05) is 6.54 Å². The summed E-state index contributed by atoms with van der Waals surface area (Å²) in [7, 11) is 3.60. The van der Waals surface area contributed by atoms with E-state index >= 15 is 0 Å². The molecule has 1 unspecified atom stereocenters. The lowest BCUT2D eigenvalue weighted by Gasteiger charge is -2.31. The number of carbonyl (C=O) groups excluding carboxylic acids is 1. The zero-order valence-electron chi connectivity index (χ0n) is 8.97. The molecule has 0 aromatic carbocycles. The van der Waals surface area contributed by atoms with Gasteiger partial charge in [0.25, 0.3) is 0 Å². The Balaban J connectivity index is 2.48. The fourth-order valence-electron chi connectivity index (χ4n) is 1.40. The molecule has 1 rings (SSSR count). The quantitative estimate of drug-likeness (QED) is 0.645. The van der Waals surface area contributed by atoms with Crippen molar-refractivity contribution >= 4 is 11.9 Å². The molecule has 1 saturated heterocycles. The normalized spacial score (nSPS) is 21.8. The molecule has 0 aromatic rings. The summed E-state index contributed by atoms with van der Waals surface area (Å²) in [6, 6.07) is 0. The zero-order valence-corrected chi connectivity index (χ0v) is 8.97. The first kappa shape index (κ1) is 11.9. The Labute approximate surface area is 88.4 Å². The van der Waals surface area contributed by atoms with Gasteiger partial charge in [0.05, 0.1) is 19.7 Å². The lowest BCUT2D eigenvalue weighted by Crippen LogP contribution is -2.50. The molecule has 1 aliphatic rings. The predicted octanol–water partition coefficient (Wildman–Crippen LogP) is -1.14. The number of aliphatic carboxylic acids is 1. The van der Waals surface area contributed by atoms with Gasteiger partial charge in [-0.1, -0.05) is 0 Å². The first-order valence-electron chi connectivity index (χ1n) is 4.77. The molecule has 0 bridgehead atoms. The van der Waals surface area contributed by atoms with E-state index in [1.165, 1.54) is 4.90 Å². The number of hydrogen-bond donors (Lipinski definition) is 1. The van der Waals surface area contributed by atoms with Crippen LogP contribution in [0.25, 0.3) is 0 Å². The number of carboxylic acid groups (broad SMARTS) is 1. The third-order valence-corrected chi connectivity index (χ3v) is 2.15. The highest BCUT2D eigenvalue weighted by Gasteiger charge is 2.28. The van der Waals surface area contributed by atoms with Gasteiger partial charge in [0.1, 0.15) is 0 Å². The molecule has 1 amide bonds. The Hall–Kier alpha value is -1.14. The molecule has 0 aromatic heterocycles. The highest BCUT2D eigenvalue weighted by molar-refractivity contribution is 5.80. The molecule has 86 valence electrons. The summed E-state index contributed by atoms with van der Waals surface area (Å²) in [5.41, 5.74) is 0. The molecule has 6 nitrogen and oxygen atoms in total. The highest BCUT2D eigenvalue weighted by Crippen LogP contribution is 2.05. The molecular formula is C9H16N2O4. The monoisotopic (exact) mass is 216 g/mol. The number of hydrogen-bond acceptors (Lipinski definition) is 4. The molecule has 0 radical (unpaired) electrons. The van der Waals surface area contributed by atoms with Gasteiger partial charge in [-0.2, -0.15) is 0 Å². The summed E-state index contributed by atoms with van der Waals surface area (Å²) in [5, 5.41) is 8.75. The first-order valence-corrected chi connectivity index (χ1v) is 4.77. The van der Waals surface area contributed by atoms with Crippen LogP contribution >= 0.6 is 0 Å². The van der Waals surface area contributed by atoms with Crippen LogP contribution in [0.4, 0.5) is 0 Å². The zero-order chi connectivity index (χ0) is 11.4. The van der Waals surface area contributed by atoms with Crippen LogP contribution in [-0.2, 0) is 14.3 Å². The Bertz CT molecular complexity index is 254. The number of rotatable bonds is 3. The average Bonchev–Trinajstić information content (AvgIpc) is 2.17. The Kier molecular flexibility index (Phi) is 4.05. The minimum absolute atomic E-state index is 0.0606. The number of ether oxygens (including phenoxy) is 1. The first-order chi connectivity index (χ1) is 7.00. The van der Waals surface area contributed by atoms with E-state index in [9.17, 15) is 9.59 Å². The largest absolute Gasteiger partial charge is 0.479 e. The third-order valence-electron chi connectivity index (χ3n) is 2.15. The van der Waals surface area contributed by atoms with Crippen molar-refractivity contribution < 1.29 is 19.4 Å². The Morgan fingerprint density at radius 1 is 1.53 bits per heavy atom. The minimum atomic E-state index is -1.02. The molecule has 1 N–H and O–H groups in total. The smallest absolute Gasteiger partial charge is 0.334 e. The van der Waals surface area contributed by atoms with Crippen LogP contribution in [0.5, 0.6) is 0 Å². The summed E-state index contributed by atoms with van der Waals surface area (Å²) in [6.07, 6.45) is -0.884. The molecule has 1 fully saturated rings. The molecule has 15 heavy (non-hydrogen) atoms. The van der Waals surface area contributed by atoms with Crippen molar-refractivity contribution in [2.24, 2.45) is 0 Å². The number of amides is 1. The van der Waals surface area contributed by atoms with Gasteiger partial charge in [0.2, 0.25) is 5.91 Å². The van der Waals surface area contributed by atoms with Crippen molar-refractivity contribution in [3.8, 4) is 0 Å². The molecular weight excluding hydrogens is 200 g/mol. The number of carbonyl (C=O) groups is 2. The van der Waals surface area contributed by atoms with E-state index in [1.807, 2.05) is 0 Å². The van der Waals surface area contributed by atoms with Crippen LogP contribution in [-0.4, -0.2) is 73.2 Å². The Morgan fingerprint density at radius 2 is 2.20 bits per heavy atom. The van der Waals surface area contributed by atoms with Crippen LogP contribution in [0.3, 0.4) is 0 Å². The number of carboxylic acids is 1. The SMILES string of the molecule is CN(C)CC(=O)N1CCOC(C(=O)O)C1. The van der Waals surface area contributed by atoms with Gasteiger partial charge in [0.15, 0.2) is 6.10 Å². The maximum Gasteiger partial charge on any atom is 0.334 e. The lowest BCUT2D eigenvalue weighted by molar-refractivity contribution is -0.159. The average molecular weight is 216 g/mol. The van der Waals surface area contributed by atoms with E-state index in [1.54, 1.807) is 19.0 Å². The predicted molar refractivity (Wildman–Crippen MR) is 52.5 cm³/mol. The molecule has 0 aliphatic carbocycles. The maximum absolute atomic E-state index is 11.6. The molecule has 1 heterocycles. The van der Waals surface area contributed by atoms with E-state index in [4.69, 9.17) is 9.84 Å². The molecule has 6 heteroatoms. The lowest BCUT2D eigenvalue weighted by atomic mass is 10.2. The molecule has 1 atom stereocenters. The van der Waals surface area contributed by atoms with Crippen molar-refractivity contribution in [2.45, 2.75) is 6.10 Å². The van der Waals surface area contributed by atoms with Gasteiger partial charge in [-0.3, -0.25) is 4.79 Å². The summed E-state index contributed by atoms with van der Waals surface area (Å²) < 4.78 is 5.02. The fourth-order valence-corrected chi connectivity index (χ4v) is 1.40. The second-order valence-electron chi connectivity index (χ2n) is 3.78. The van der Waals surface area contributed by atoms with Crippen molar-refractivity contribution in [1.82, 2.24) is 9.80 Å². The van der Waals surface area contributed by atoms with Gasteiger partial charge in [-0.05, 0) is 14.1 Å². The van der Waals surface area contributed by atoms with Crippen LogP contribution in [0.1, 0.15) is 0 Å². The number of morpholine rings is 1. The van der Waals surface area contributed by atoms with E-state index in [0.29, 0.717) is 13.1 Å². The topological polar surface area (TPSA) is 70.1 Å². The number of nitrogens with zero attached hydrogens (tertiary/aromatic N) is 2. The van der Waals surface area contributed by atoms with E-state index in [2.05, 4.69) is 0 Å². The fraction of sp³-hybridized carbons (Fsp3) is 0.778. The van der Waals surface area contributed by atoms with E-state index in [-0.39, 0.29) is 19.1 Å². The van der Waals surface area contributed by atoms with Gasteiger partial charge >= 0.3 is 5.97 Å². The van der Waals surface area contributed by atoms with E-state index < -0.39 is 12.1 Å². The van der Waals surface area contributed by atoms with Gasteiger partial charge in [-0.15, -0.1) is 0 Å². The standard InChI is InChI=1S/C9H16N2O4/c1-10(2)6-8(12)11-3-4-15-7(5-11)9(13)14/h7H,3-6H2,1-2H3,(H,13,14). The van der Waals surface area contributed by atoms with Crippen LogP contribution in [0.15, 0.2) is 0 Å². The van der Waals surface area contributed by atoms with Gasteiger partial charge in [-0.25, -0.2) is 4.79 Å². The second-order valence-corrected chi connectivity index (χ2v) is 3.78. The van der Waals surface area contributed by atoms with Crippen molar-refractivity contribution in [3.63, 3.8) is 0 Å². The molecule has 1 aliphatic heterocycles. The maximum atomic E-state index is 11.6. The van der Waals surface area contributed by atoms with Crippen LogP contribution in [0, 0.1) is 0 Å². The third kappa shape index (κ3) is 3.49. The highest BCUT2D eigenvalue weighted by atomic mass is 16.5. The Morgan fingerprint density at radius 3 is 2.73 bits per heavy atom. The summed E-state index contributed by atoms with van der Waals surface area (Å²) in [5.74, 6) is -1.08. The summed E-state index contributed by atoms with van der Waals surface area (Å²) in [4.78, 5) is 25.6. The van der Waals surface area contributed by atoms with Crippen LogP contribution < -0.4 is 0 Å². The molecule has 0 spiro atoms. The van der Waals surface area contributed by atoms with Gasteiger partial charge < -0.3 is 19.6 Å². The van der Waals surface area contributed by atoms with Crippen molar-refractivity contribution in [3.05, 3.63) is 0 Å².